The minimum Gasteiger partial charge on any atom is -0.345 e. The predicted octanol–water partition coefficient (Wildman–Crippen LogP) is 1.05. The standard InChI is InChI=1S/C13H17FN2O/c1-16(13(17)11-8-15-9-11)7-6-10-4-2-3-5-12(10)14/h2-5,11,15H,6-9H2,1H3. The number of nitrogens with one attached hydrogen (secondary N) is 1. The molecule has 0 spiro atoms. The lowest BCUT2D eigenvalue weighted by atomic mass is 10.0. The molecule has 1 heterocycles. The number of halogens is 1. The maximum Gasteiger partial charge on any atom is 0.228 e. The van der Waals surface area contributed by atoms with Gasteiger partial charge in [-0.3, -0.25) is 4.79 Å². The SMILES string of the molecule is CN(CCc1ccccc1F)C(=O)C1CNC1. The van der Waals surface area contributed by atoms with Gasteiger partial charge in [0.05, 0.1) is 5.92 Å². The van der Waals surface area contributed by atoms with Gasteiger partial charge in [-0.25, -0.2) is 4.39 Å². The second kappa shape index (κ2) is 5.27. The van der Waals surface area contributed by atoms with Gasteiger partial charge in [0.2, 0.25) is 5.91 Å². The zero-order valence-electron chi connectivity index (χ0n) is 9.95. The van der Waals surface area contributed by atoms with Gasteiger partial charge >= 0.3 is 0 Å². The fraction of sp³-hybridized carbons (Fsp3) is 0.462. The highest BCUT2D eigenvalue weighted by Crippen LogP contribution is 2.10. The molecule has 1 saturated heterocycles. The molecule has 92 valence electrons. The summed E-state index contributed by atoms with van der Waals surface area (Å²) in [5.41, 5.74) is 0.666. The van der Waals surface area contributed by atoms with Crippen LogP contribution in [0.3, 0.4) is 0 Å². The van der Waals surface area contributed by atoms with Gasteiger partial charge in [0, 0.05) is 26.7 Å². The Labute approximate surface area is 101 Å². The molecule has 0 saturated carbocycles. The molecule has 1 aliphatic rings. The van der Waals surface area contributed by atoms with Crippen molar-refractivity contribution in [3.63, 3.8) is 0 Å². The van der Waals surface area contributed by atoms with E-state index in [1.54, 1.807) is 24.1 Å². The van der Waals surface area contributed by atoms with Crippen molar-refractivity contribution in [3.8, 4) is 0 Å². The van der Waals surface area contributed by atoms with Gasteiger partial charge in [0.1, 0.15) is 5.82 Å². The number of nitrogens with zero attached hydrogens (tertiary/aromatic N) is 1. The molecule has 0 atom stereocenters. The van der Waals surface area contributed by atoms with E-state index in [0.29, 0.717) is 18.5 Å². The molecule has 0 unspecified atom stereocenters. The lowest BCUT2D eigenvalue weighted by Crippen LogP contribution is -2.51. The Bertz CT molecular complexity index is 404. The first-order chi connectivity index (χ1) is 8.18. The highest BCUT2D eigenvalue weighted by atomic mass is 19.1. The number of amides is 1. The third-order valence-corrected chi connectivity index (χ3v) is 3.18. The summed E-state index contributed by atoms with van der Waals surface area (Å²) in [4.78, 5) is 13.5. The van der Waals surface area contributed by atoms with Crippen molar-refractivity contribution in [1.82, 2.24) is 10.2 Å². The zero-order valence-corrected chi connectivity index (χ0v) is 9.95. The molecule has 1 aromatic rings. The first kappa shape index (κ1) is 12.0. The molecule has 1 fully saturated rings. The number of likely N-dealkylation sites (N-methyl/N-ethyl adjacent to an activating group) is 1. The van der Waals surface area contributed by atoms with Crippen LogP contribution < -0.4 is 5.32 Å². The molecule has 17 heavy (non-hydrogen) atoms. The molecule has 1 amide bonds. The summed E-state index contributed by atoms with van der Waals surface area (Å²) in [7, 11) is 1.78. The van der Waals surface area contributed by atoms with Crippen molar-refractivity contribution in [1.29, 1.82) is 0 Å². The van der Waals surface area contributed by atoms with Crippen LogP contribution in [0.15, 0.2) is 24.3 Å². The van der Waals surface area contributed by atoms with E-state index < -0.39 is 0 Å². The average Bonchev–Trinajstić information content (AvgIpc) is 2.25. The molecule has 2 rings (SSSR count). The van der Waals surface area contributed by atoms with Crippen LogP contribution in [-0.4, -0.2) is 37.5 Å². The Morgan fingerprint density at radius 2 is 2.18 bits per heavy atom. The van der Waals surface area contributed by atoms with Crippen LogP contribution in [0.4, 0.5) is 4.39 Å². The van der Waals surface area contributed by atoms with E-state index >= 15 is 0 Å². The molecule has 1 aromatic carbocycles. The minimum atomic E-state index is -0.196. The summed E-state index contributed by atoms with van der Waals surface area (Å²) in [5.74, 6) is 0.0689. The summed E-state index contributed by atoms with van der Waals surface area (Å²) >= 11 is 0. The third-order valence-electron chi connectivity index (χ3n) is 3.18. The molecule has 0 aromatic heterocycles. The predicted molar refractivity (Wildman–Crippen MR) is 64.1 cm³/mol. The monoisotopic (exact) mass is 236 g/mol. The normalized spacial score (nSPS) is 15.4. The van der Waals surface area contributed by atoms with Gasteiger partial charge in [-0.1, -0.05) is 18.2 Å². The van der Waals surface area contributed by atoms with Crippen LogP contribution in [0.5, 0.6) is 0 Å². The number of benzene rings is 1. The molecular weight excluding hydrogens is 219 g/mol. The summed E-state index contributed by atoms with van der Waals surface area (Å²) < 4.78 is 13.4. The van der Waals surface area contributed by atoms with Crippen LogP contribution in [0.2, 0.25) is 0 Å². The van der Waals surface area contributed by atoms with Crippen LogP contribution in [0.1, 0.15) is 5.56 Å². The summed E-state index contributed by atoms with van der Waals surface area (Å²) in [6, 6.07) is 6.70. The summed E-state index contributed by atoms with van der Waals surface area (Å²) in [6.45, 7) is 2.10. The molecule has 0 aliphatic carbocycles. The van der Waals surface area contributed by atoms with Crippen LogP contribution in [0.25, 0.3) is 0 Å². The topological polar surface area (TPSA) is 32.3 Å². The van der Waals surface area contributed by atoms with E-state index in [-0.39, 0.29) is 17.6 Å². The lowest BCUT2D eigenvalue weighted by molar-refractivity contribution is -0.135. The van der Waals surface area contributed by atoms with E-state index in [9.17, 15) is 9.18 Å². The van der Waals surface area contributed by atoms with E-state index in [1.807, 2.05) is 6.07 Å². The van der Waals surface area contributed by atoms with Gasteiger partial charge in [0.25, 0.3) is 0 Å². The maximum atomic E-state index is 13.4. The fourth-order valence-electron chi connectivity index (χ4n) is 1.87. The Hall–Kier alpha value is -1.42. The fourth-order valence-corrected chi connectivity index (χ4v) is 1.87. The summed E-state index contributed by atoms with van der Waals surface area (Å²) in [5, 5.41) is 3.07. The Morgan fingerprint density at radius 3 is 2.76 bits per heavy atom. The second-order valence-electron chi connectivity index (χ2n) is 4.46. The van der Waals surface area contributed by atoms with Gasteiger partial charge in [-0.2, -0.15) is 0 Å². The van der Waals surface area contributed by atoms with E-state index in [4.69, 9.17) is 0 Å². The van der Waals surface area contributed by atoms with Gasteiger partial charge in [0.15, 0.2) is 0 Å². The van der Waals surface area contributed by atoms with E-state index in [0.717, 1.165) is 13.1 Å². The van der Waals surface area contributed by atoms with Crippen molar-refractivity contribution in [2.24, 2.45) is 5.92 Å². The number of carbonyl (C=O) groups is 1. The van der Waals surface area contributed by atoms with Gasteiger partial charge in [-0.15, -0.1) is 0 Å². The number of rotatable bonds is 4. The number of hydrogen-bond donors (Lipinski definition) is 1. The molecule has 0 radical (unpaired) electrons. The van der Waals surface area contributed by atoms with Gasteiger partial charge in [-0.05, 0) is 18.1 Å². The third kappa shape index (κ3) is 2.82. The molecule has 4 heteroatoms. The average molecular weight is 236 g/mol. The second-order valence-corrected chi connectivity index (χ2v) is 4.46. The minimum absolute atomic E-state index is 0.112. The Kier molecular flexibility index (Phi) is 3.74. The smallest absolute Gasteiger partial charge is 0.228 e. The molecule has 3 nitrogen and oxygen atoms in total. The van der Waals surface area contributed by atoms with Crippen LogP contribution >= 0.6 is 0 Å². The van der Waals surface area contributed by atoms with Crippen molar-refractivity contribution in [3.05, 3.63) is 35.6 Å². The van der Waals surface area contributed by atoms with Crippen molar-refractivity contribution < 1.29 is 9.18 Å². The number of carbonyl (C=O) groups excluding carboxylic acids is 1. The van der Waals surface area contributed by atoms with E-state index in [1.165, 1.54) is 6.07 Å². The molecule has 1 aliphatic heterocycles. The van der Waals surface area contributed by atoms with Gasteiger partial charge < -0.3 is 10.2 Å². The van der Waals surface area contributed by atoms with Crippen molar-refractivity contribution in [2.75, 3.05) is 26.7 Å². The highest BCUT2D eigenvalue weighted by molar-refractivity contribution is 5.79. The van der Waals surface area contributed by atoms with Crippen LogP contribution in [0, 0.1) is 11.7 Å². The van der Waals surface area contributed by atoms with Crippen LogP contribution in [-0.2, 0) is 11.2 Å². The lowest BCUT2D eigenvalue weighted by Gasteiger charge is -2.30. The molecule has 0 bridgehead atoms. The molecular formula is C13H17FN2O. The summed E-state index contributed by atoms with van der Waals surface area (Å²) in [6.07, 6.45) is 0.565. The number of hydrogen-bond acceptors (Lipinski definition) is 2. The Balaban J connectivity index is 1.85. The first-order valence-electron chi connectivity index (χ1n) is 5.87. The maximum absolute atomic E-state index is 13.4. The van der Waals surface area contributed by atoms with Crippen molar-refractivity contribution in [2.45, 2.75) is 6.42 Å². The largest absolute Gasteiger partial charge is 0.345 e. The Morgan fingerprint density at radius 1 is 1.47 bits per heavy atom. The first-order valence-corrected chi connectivity index (χ1v) is 5.87. The quantitative estimate of drug-likeness (QED) is 0.847. The highest BCUT2D eigenvalue weighted by Gasteiger charge is 2.27. The van der Waals surface area contributed by atoms with E-state index in [2.05, 4.69) is 5.32 Å². The van der Waals surface area contributed by atoms with Crippen molar-refractivity contribution >= 4 is 5.91 Å². The zero-order chi connectivity index (χ0) is 12.3. The molecule has 1 N–H and O–H groups in total.